The molecule has 2 rings (SSSR count). The van der Waals surface area contributed by atoms with Gasteiger partial charge in [0.2, 0.25) is 18.2 Å². The molecule has 1 N–H and O–H groups in total. The number of nitrogens with one attached hydrogen (secondary N) is 1. The Balaban J connectivity index is 2.41. The number of hydrogen-bond acceptors (Lipinski definition) is 6. The highest BCUT2D eigenvalue weighted by molar-refractivity contribution is 6.01. The van der Waals surface area contributed by atoms with E-state index in [1.165, 1.54) is 11.0 Å². The van der Waals surface area contributed by atoms with E-state index in [2.05, 4.69) is 5.32 Å². The van der Waals surface area contributed by atoms with Gasteiger partial charge in [0.1, 0.15) is 11.6 Å². The van der Waals surface area contributed by atoms with E-state index in [1.807, 2.05) is 0 Å². The van der Waals surface area contributed by atoms with E-state index in [1.54, 1.807) is 64.0 Å². The van der Waals surface area contributed by atoms with Gasteiger partial charge in [-0.15, -0.1) is 0 Å². The minimum atomic E-state index is -0.615. The van der Waals surface area contributed by atoms with Crippen LogP contribution in [0.2, 0.25) is 0 Å². The SMILES string of the molecule is CN(C=O)c1c(/C=C/C(=O)OC(C)(C)C)cccc1N(C)C1CCCC(=O)NC1=O. The first-order valence-electron chi connectivity index (χ1n) is 9.82. The Morgan fingerprint density at radius 3 is 2.57 bits per heavy atom. The summed E-state index contributed by atoms with van der Waals surface area (Å²) in [5.41, 5.74) is 1.17. The zero-order chi connectivity index (χ0) is 22.5. The van der Waals surface area contributed by atoms with Gasteiger partial charge in [-0.05, 0) is 45.8 Å². The number of anilines is 2. The lowest BCUT2D eigenvalue weighted by molar-refractivity contribution is -0.148. The molecule has 8 heteroatoms. The average molecular weight is 415 g/mol. The number of esters is 1. The molecule has 0 spiro atoms. The minimum absolute atomic E-state index is 0.282. The lowest BCUT2D eigenvalue weighted by atomic mass is 10.0. The number of nitrogens with zero attached hydrogens (tertiary/aromatic N) is 2. The van der Waals surface area contributed by atoms with Crippen molar-refractivity contribution in [3.63, 3.8) is 0 Å². The maximum Gasteiger partial charge on any atom is 0.331 e. The molecule has 0 aromatic heterocycles. The van der Waals surface area contributed by atoms with E-state index in [0.717, 1.165) is 0 Å². The molecule has 3 amide bonds. The fourth-order valence-electron chi connectivity index (χ4n) is 3.31. The summed E-state index contributed by atoms with van der Waals surface area (Å²) in [6.45, 7) is 5.34. The molecule has 162 valence electrons. The average Bonchev–Trinajstić information content (AvgIpc) is 2.83. The summed E-state index contributed by atoms with van der Waals surface area (Å²) in [4.78, 5) is 50.9. The molecule has 1 saturated heterocycles. The van der Waals surface area contributed by atoms with Crippen LogP contribution in [0, 0.1) is 0 Å². The van der Waals surface area contributed by atoms with Gasteiger partial charge in [0.25, 0.3) is 0 Å². The van der Waals surface area contributed by atoms with Crippen LogP contribution < -0.4 is 15.1 Å². The van der Waals surface area contributed by atoms with E-state index in [-0.39, 0.29) is 11.8 Å². The molecule has 1 fully saturated rings. The van der Waals surface area contributed by atoms with Crippen molar-refractivity contribution < 1.29 is 23.9 Å². The number of amides is 3. The maximum absolute atomic E-state index is 12.5. The third kappa shape index (κ3) is 5.92. The minimum Gasteiger partial charge on any atom is -0.457 e. The van der Waals surface area contributed by atoms with Crippen molar-refractivity contribution in [1.82, 2.24) is 5.32 Å². The molecule has 1 atom stereocenters. The van der Waals surface area contributed by atoms with Crippen molar-refractivity contribution in [2.45, 2.75) is 51.7 Å². The summed E-state index contributed by atoms with van der Waals surface area (Å²) < 4.78 is 5.29. The number of para-hydroxylation sites is 1. The highest BCUT2D eigenvalue weighted by Gasteiger charge is 2.29. The van der Waals surface area contributed by atoms with Gasteiger partial charge >= 0.3 is 5.97 Å². The van der Waals surface area contributed by atoms with Gasteiger partial charge in [-0.3, -0.25) is 19.7 Å². The molecular formula is C22H29N3O5. The summed E-state index contributed by atoms with van der Waals surface area (Å²) in [6, 6.07) is 4.78. The molecular weight excluding hydrogens is 386 g/mol. The molecule has 0 radical (unpaired) electrons. The number of carbonyl (C=O) groups excluding carboxylic acids is 4. The topological polar surface area (TPSA) is 96.0 Å². The molecule has 8 nitrogen and oxygen atoms in total. The maximum atomic E-state index is 12.5. The lowest BCUT2D eigenvalue weighted by Crippen LogP contribution is -2.45. The van der Waals surface area contributed by atoms with E-state index in [9.17, 15) is 19.2 Å². The Kier molecular flexibility index (Phi) is 7.37. The number of benzene rings is 1. The Bertz CT molecular complexity index is 857. The monoisotopic (exact) mass is 415 g/mol. The molecule has 1 aliphatic heterocycles. The molecule has 0 saturated carbocycles. The molecule has 1 aromatic carbocycles. The molecule has 0 bridgehead atoms. The zero-order valence-corrected chi connectivity index (χ0v) is 18.1. The van der Waals surface area contributed by atoms with Crippen LogP contribution in [-0.2, 0) is 23.9 Å². The van der Waals surface area contributed by atoms with Crippen LogP contribution in [-0.4, -0.2) is 49.9 Å². The molecule has 0 aliphatic carbocycles. The first-order valence-corrected chi connectivity index (χ1v) is 9.82. The van der Waals surface area contributed by atoms with Gasteiger partial charge in [0, 0.05) is 32.2 Å². The predicted molar refractivity (Wildman–Crippen MR) is 115 cm³/mol. The van der Waals surface area contributed by atoms with Crippen LogP contribution in [0.3, 0.4) is 0 Å². The predicted octanol–water partition coefficient (Wildman–Crippen LogP) is 2.27. The number of imide groups is 1. The largest absolute Gasteiger partial charge is 0.457 e. The van der Waals surface area contributed by atoms with E-state index < -0.39 is 17.6 Å². The van der Waals surface area contributed by atoms with Gasteiger partial charge in [-0.25, -0.2) is 4.79 Å². The van der Waals surface area contributed by atoms with Gasteiger partial charge in [-0.2, -0.15) is 0 Å². The van der Waals surface area contributed by atoms with Crippen LogP contribution in [0.15, 0.2) is 24.3 Å². The summed E-state index contributed by atoms with van der Waals surface area (Å²) in [5.74, 6) is -1.15. The first-order chi connectivity index (χ1) is 14.0. The van der Waals surface area contributed by atoms with Crippen molar-refractivity contribution in [3.05, 3.63) is 29.8 Å². The second-order valence-corrected chi connectivity index (χ2v) is 8.23. The number of hydrogen-bond donors (Lipinski definition) is 1. The number of rotatable bonds is 6. The van der Waals surface area contributed by atoms with Crippen molar-refractivity contribution in [1.29, 1.82) is 0 Å². The van der Waals surface area contributed by atoms with Crippen molar-refractivity contribution in [2.75, 3.05) is 23.9 Å². The number of ether oxygens (including phenoxy) is 1. The van der Waals surface area contributed by atoms with Gasteiger partial charge < -0.3 is 14.5 Å². The van der Waals surface area contributed by atoms with Gasteiger partial charge in [-0.1, -0.05) is 12.1 Å². The van der Waals surface area contributed by atoms with Gasteiger partial charge in [0.05, 0.1) is 11.4 Å². The Hall–Kier alpha value is -3.16. The van der Waals surface area contributed by atoms with Crippen LogP contribution in [0.1, 0.15) is 45.6 Å². The van der Waals surface area contributed by atoms with Crippen molar-refractivity contribution in [3.8, 4) is 0 Å². The Labute approximate surface area is 176 Å². The molecule has 1 heterocycles. The molecule has 1 aromatic rings. The lowest BCUT2D eigenvalue weighted by Gasteiger charge is -2.31. The number of likely N-dealkylation sites (N-methyl/N-ethyl adjacent to an activating group) is 1. The third-order valence-electron chi connectivity index (χ3n) is 4.66. The fraction of sp³-hybridized carbons (Fsp3) is 0.455. The quantitative estimate of drug-likeness (QED) is 0.331. The highest BCUT2D eigenvalue weighted by atomic mass is 16.6. The first kappa shape index (κ1) is 23.1. The number of carbonyl (C=O) groups is 4. The van der Waals surface area contributed by atoms with E-state index >= 15 is 0 Å². The second-order valence-electron chi connectivity index (χ2n) is 8.23. The van der Waals surface area contributed by atoms with E-state index in [0.29, 0.717) is 42.6 Å². The summed E-state index contributed by atoms with van der Waals surface area (Å²) >= 11 is 0. The van der Waals surface area contributed by atoms with E-state index in [4.69, 9.17) is 4.74 Å². The summed E-state index contributed by atoms with van der Waals surface area (Å²) in [6.07, 6.45) is 4.95. The fourth-order valence-corrected chi connectivity index (χ4v) is 3.31. The normalized spacial score (nSPS) is 17.3. The molecule has 1 unspecified atom stereocenters. The van der Waals surface area contributed by atoms with Crippen LogP contribution in [0.25, 0.3) is 6.08 Å². The van der Waals surface area contributed by atoms with Crippen molar-refractivity contribution >= 4 is 41.6 Å². The third-order valence-corrected chi connectivity index (χ3v) is 4.66. The molecule has 30 heavy (non-hydrogen) atoms. The van der Waals surface area contributed by atoms with Crippen LogP contribution in [0.5, 0.6) is 0 Å². The standard InChI is InChI=1S/C22H29N3O5/c1-22(2,3)30-19(28)13-12-15-8-6-9-16(20(15)24(4)14-26)25(5)17-10-7-11-18(27)23-21(17)29/h6,8-9,12-14,17H,7,10-11H2,1-5H3,(H,23,27,29)/b13-12+. The zero-order valence-electron chi connectivity index (χ0n) is 18.1. The molecule has 1 aliphatic rings. The van der Waals surface area contributed by atoms with Crippen molar-refractivity contribution in [2.24, 2.45) is 0 Å². The Morgan fingerprint density at radius 2 is 1.93 bits per heavy atom. The van der Waals surface area contributed by atoms with Crippen LogP contribution >= 0.6 is 0 Å². The second kappa shape index (κ2) is 9.56. The summed E-state index contributed by atoms with van der Waals surface area (Å²) in [7, 11) is 3.35. The highest BCUT2D eigenvalue weighted by Crippen LogP contribution is 2.34. The van der Waals surface area contributed by atoms with Gasteiger partial charge in [0.15, 0.2) is 0 Å². The summed E-state index contributed by atoms with van der Waals surface area (Å²) in [5, 5.41) is 2.40. The Morgan fingerprint density at radius 1 is 1.23 bits per heavy atom. The van der Waals surface area contributed by atoms with Crippen LogP contribution in [0.4, 0.5) is 11.4 Å². The smallest absolute Gasteiger partial charge is 0.331 e.